The predicted molar refractivity (Wildman–Crippen MR) is 76.7 cm³/mol. The Kier molecular flexibility index (Phi) is 5.42. The molecule has 0 aromatic carbocycles. The van der Waals surface area contributed by atoms with E-state index in [9.17, 15) is 0 Å². The lowest BCUT2D eigenvalue weighted by atomic mass is 9.83. The van der Waals surface area contributed by atoms with Crippen molar-refractivity contribution in [1.29, 1.82) is 0 Å². The topological polar surface area (TPSA) is 44.5 Å². The SMILES string of the molecule is CC(CN1CCNCC1)C(N)C1CCN(C)CC1. The van der Waals surface area contributed by atoms with Crippen LogP contribution in [0.5, 0.6) is 0 Å². The maximum atomic E-state index is 6.49. The Balaban J connectivity index is 1.75. The van der Waals surface area contributed by atoms with Crippen molar-refractivity contribution in [2.45, 2.75) is 25.8 Å². The van der Waals surface area contributed by atoms with Crippen molar-refractivity contribution in [3.05, 3.63) is 0 Å². The van der Waals surface area contributed by atoms with Crippen molar-refractivity contribution < 1.29 is 0 Å². The minimum Gasteiger partial charge on any atom is -0.327 e. The van der Waals surface area contributed by atoms with Gasteiger partial charge in [-0.05, 0) is 44.8 Å². The number of nitrogens with two attached hydrogens (primary N) is 1. The van der Waals surface area contributed by atoms with Gasteiger partial charge in [0.25, 0.3) is 0 Å². The fourth-order valence-electron chi connectivity index (χ4n) is 3.30. The molecule has 2 atom stereocenters. The van der Waals surface area contributed by atoms with Gasteiger partial charge in [0.15, 0.2) is 0 Å². The Labute approximate surface area is 112 Å². The van der Waals surface area contributed by atoms with Gasteiger partial charge in [-0.3, -0.25) is 0 Å². The largest absolute Gasteiger partial charge is 0.327 e. The van der Waals surface area contributed by atoms with Crippen LogP contribution in [-0.2, 0) is 0 Å². The van der Waals surface area contributed by atoms with Crippen LogP contribution in [-0.4, -0.2) is 68.7 Å². The number of piperidine rings is 1. The molecule has 0 saturated carbocycles. The summed E-state index contributed by atoms with van der Waals surface area (Å²) in [4.78, 5) is 4.99. The number of nitrogens with one attached hydrogen (secondary N) is 1. The third-order valence-corrected chi connectivity index (χ3v) is 4.72. The van der Waals surface area contributed by atoms with Crippen LogP contribution in [0.2, 0.25) is 0 Å². The Hall–Kier alpha value is -0.160. The second-order valence-electron chi connectivity index (χ2n) is 6.25. The summed E-state index contributed by atoms with van der Waals surface area (Å²) in [7, 11) is 2.21. The van der Waals surface area contributed by atoms with Gasteiger partial charge in [-0.2, -0.15) is 0 Å². The molecular formula is C14H30N4. The molecule has 18 heavy (non-hydrogen) atoms. The molecule has 0 aliphatic carbocycles. The fourth-order valence-corrected chi connectivity index (χ4v) is 3.30. The lowest BCUT2D eigenvalue weighted by Crippen LogP contribution is -2.49. The summed E-state index contributed by atoms with van der Waals surface area (Å²) in [5, 5.41) is 3.41. The summed E-state index contributed by atoms with van der Waals surface area (Å²) >= 11 is 0. The van der Waals surface area contributed by atoms with Crippen molar-refractivity contribution >= 4 is 0 Å². The zero-order valence-electron chi connectivity index (χ0n) is 12.1. The molecule has 0 aromatic rings. The number of hydrogen-bond acceptors (Lipinski definition) is 4. The summed E-state index contributed by atoms with van der Waals surface area (Å²) in [5.74, 6) is 1.36. The van der Waals surface area contributed by atoms with Crippen molar-refractivity contribution in [3.63, 3.8) is 0 Å². The first-order chi connectivity index (χ1) is 8.66. The highest BCUT2D eigenvalue weighted by molar-refractivity contribution is 4.84. The second kappa shape index (κ2) is 6.85. The number of rotatable bonds is 4. The first-order valence-corrected chi connectivity index (χ1v) is 7.54. The van der Waals surface area contributed by atoms with Gasteiger partial charge in [0.05, 0.1) is 0 Å². The maximum absolute atomic E-state index is 6.49. The van der Waals surface area contributed by atoms with E-state index in [1.165, 1.54) is 45.6 Å². The van der Waals surface area contributed by atoms with E-state index in [0.717, 1.165) is 19.0 Å². The Morgan fingerprint density at radius 1 is 1.17 bits per heavy atom. The van der Waals surface area contributed by atoms with Crippen LogP contribution in [0.4, 0.5) is 0 Å². The molecule has 4 heteroatoms. The fraction of sp³-hybridized carbons (Fsp3) is 1.00. The monoisotopic (exact) mass is 254 g/mol. The van der Waals surface area contributed by atoms with Gasteiger partial charge in [0.2, 0.25) is 0 Å². The molecule has 0 amide bonds. The molecule has 2 unspecified atom stereocenters. The number of nitrogens with zero attached hydrogens (tertiary/aromatic N) is 2. The molecule has 0 spiro atoms. The van der Waals surface area contributed by atoms with Crippen LogP contribution in [0, 0.1) is 11.8 Å². The number of hydrogen-bond donors (Lipinski definition) is 2. The van der Waals surface area contributed by atoms with Crippen LogP contribution < -0.4 is 11.1 Å². The summed E-state index contributed by atoms with van der Waals surface area (Å²) in [5.41, 5.74) is 6.49. The normalized spacial score (nSPS) is 28.2. The highest BCUT2D eigenvalue weighted by atomic mass is 15.2. The van der Waals surface area contributed by atoms with Crippen molar-refractivity contribution in [3.8, 4) is 0 Å². The van der Waals surface area contributed by atoms with E-state index in [4.69, 9.17) is 5.73 Å². The molecule has 2 heterocycles. The average Bonchev–Trinajstić information content (AvgIpc) is 2.40. The van der Waals surface area contributed by atoms with E-state index >= 15 is 0 Å². The van der Waals surface area contributed by atoms with Gasteiger partial charge in [-0.1, -0.05) is 6.92 Å². The third-order valence-electron chi connectivity index (χ3n) is 4.72. The Morgan fingerprint density at radius 2 is 1.78 bits per heavy atom. The van der Waals surface area contributed by atoms with E-state index in [0.29, 0.717) is 12.0 Å². The smallest absolute Gasteiger partial charge is 0.0107 e. The quantitative estimate of drug-likeness (QED) is 0.752. The van der Waals surface area contributed by atoms with Crippen LogP contribution >= 0.6 is 0 Å². The number of piperazine rings is 1. The van der Waals surface area contributed by atoms with Crippen LogP contribution in [0.3, 0.4) is 0 Å². The molecule has 2 saturated heterocycles. The first-order valence-electron chi connectivity index (χ1n) is 7.54. The molecule has 0 bridgehead atoms. The number of likely N-dealkylation sites (tertiary alicyclic amines) is 1. The molecule has 3 N–H and O–H groups in total. The van der Waals surface area contributed by atoms with Crippen LogP contribution in [0.1, 0.15) is 19.8 Å². The van der Waals surface area contributed by atoms with Crippen molar-refractivity contribution in [2.75, 3.05) is 52.9 Å². The standard InChI is InChI=1S/C14H30N4/c1-12(11-18-9-5-16-6-10-18)14(15)13-3-7-17(2)8-4-13/h12-14,16H,3-11,15H2,1-2H3. The van der Waals surface area contributed by atoms with E-state index in [1.54, 1.807) is 0 Å². The predicted octanol–water partition coefficient (Wildman–Crippen LogP) is 0.197. The zero-order chi connectivity index (χ0) is 13.0. The van der Waals surface area contributed by atoms with Gasteiger partial charge >= 0.3 is 0 Å². The maximum Gasteiger partial charge on any atom is 0.0107 e. The van der Waals surface area contributed by atoms with Gasteiger partial charge in [0.1, 0.15) is 0 Å². The van der Waals surface area contributed by atoms with E-state index in [1.807, 2.05) is 0 Å². The first kappa shape index (κ1) is 14.3. The minimum atomic E-state index is 0.383. The molecule has 2 aliphatic rings. The van der Waals surface area contributed by atoms with E-state index in [2.05, 4.69) is 29.1 Å². The van der Waals surface area contributed by atoms with E-state index < -0.39 is 0 Å². The van der Waals surface area contributed by atoms with Gasteiger partial charge in [-0.25, -0.2) is 0 Å². The minimum absolute atomic E-state index is 0.383. The van der Waals surface area contributed by atoms with Crippen LogP contribution in [0.15, 0.2) is 0 Å². The average molecular weight is 254 g/mol. The lowest BCUT2D eigenvalue weighted by Gasteiger charge is -2.37. The highest BCUT2D eigenvalue weighted by Crippen LogP contribution is 2.23. The van der Waals surface area contributed by atoms with Crippen LogP contribution in [0.25, 0.3) is 0 Å². The summed E-state index contributed by atoms with van der Waals surface area (Å²) in [6, 6.07) is 0.383. The Morgan fingerprint density at radius 3 is 2.39 bits per heavy atom. The summed E-state index contributed by atoms with van der Waals surface area (Å²) < 4.78 is 0. The second-order valence-corrected chi connectivity index (χ2v) is 6.25. The lowest BCUT2D eigenvalue weighted by molar-refractivity contribution is 0.146. The molecular weight excluding hydrogens is 224 g/mol. The zero-order valence-corrected chi connectivity index (χ0v) is 12.1. The van der Waals surface area contributed by atoms with Crippen molar-refractivity contribution in [2.24, 2.45) is 17.6 Å². The van der Waals surface area contributed by atoms with Gasteiger partial charge in [-0.15, -0.1) is 0 Å². The summed E-state index contributed by atoms with van der Waals surface area (Å²) in [6.07, 6.45) is 2.56. The molecule has 106 valence electrons. The summed E-state index contributed by atoms with van der Waals surface area (Å²) in [6.45, 7) is 10.6. The van der Waals surface area contributed by atoms with Gasteiger partial charge < -0.3 is 20.9 Å². The van der Waals surface area contributed by atoms with Crippen molar-refractivity contribution in [1.82, 2.24) is 15.1 Å². The molecule has 0 radical (unpaired) electrons. The van der Waals surface area contributed by atoms with E-state index in [-0.39, 0.29) is 0 Å². The molecule has 2 aliphatic heterocycles. The highest BCUT2D eigenvalue weighted by Gasteiger charge is 2.27. The van der Waals surface area contributed by atoms with Gasteiger partial charge in [0, 0.05) is 38.8 Å². The third kappa shape index (κ3) is 3.92. The molecule has 4 nitrogen and oxygen atoms in total. The molecule has 2 fully saturated rings. The Bertz CT molecular complexity index is 232. The molecule has 0 aromatic heterocycles. The molecule has 2 rings (SSSR count).